The van der Waals surface area contributed by atoms with Crippen molar-refractivity contribution in [1.29, 1.82) is 0 Å². The maximum Gasteiger partial charge on any atom is 0.258 e. The number of nitrogens with zero attached hydrogens (tertiary/aromatic N) is 4. The lowest BCUT2D eigenvalue weighted by Crippen LogP contribution is -2.50. The average molecular weight is 421 g/mol. The van der Waals surface area contributed by atoms with Crippen LogP contribution in [0.25, 0.3) is 16.9 Å². The molecule has 4 heterocycles. The molecule has 0 spiro atoms. The van der Waals surface area contributed by atoms with Crippen LogP contribution in [0.3, 0.4) is 0 Å². The number of aromatic nitrogens is 2. The lowest BCUT2D eigenvalue weighted by atomic mass is 10.1. The summed E-state index contributed by atoms with van der Waals surface area (Å²) in [4.78, 5) is 22.9. The summed E-state index contributed by atoms with van der Waals surface area (Å²) in [6, 6.07) is 9.95. The van der Waals surface area contributed by atoms with Gasteiger partial charge in [-0.1, -0.05) is 0 Å². The van der Waals surface area contributed by atoms with Gasteiger partial charge in [0.25, 0.3) is 5.56 Å². The van der Waals surface area contributed by atoms with Gasteiger partial charge in [-0.05, 0) is 56.1 Å². The third-order valence-corrected chi connectivity index (χ3v) is 6.56. The second kappa shape index (κ2) is 7.89. The summed E-state index contributed by atoms with van der Waals surface area (Å²) in [5.41, 5.74) is 4.13. The average Bonchev–Trinajstić information content (AvgIpc) is 3.27. The monoisotopic (exact) mass is 420 g/mol. The number of fused-ring (bicyclic) bond motifs is 2. The molecule has 0 bridgehead atoms. The molecule has 1 atom stereocenters. The number of piperazine rings is 1. The molecule has 2 saturated heterocycles. The minimum Gasteiger partial charge on any atom is -0.493 e. The molecule has 1 aromatic carbocycles. The molecule has 5 rings (SSSR count). The highest BCUT2D eigenvalue weighted by molar-refractivity contribution is 5.67. The van der Waals surface area contributed by atoms with Crippen LogP contribution in [0.15, 0.2) is 41.3 Å². The number of hydrogen-bond donors (Lipinski definition) is 0. The Balaban J connectivity index is 1.53. The Morgan fingerprint density at radius 3 is 2.68 bits per heavy atom. The second-order valence-corrected chi connectivity index (χ2v) is 8.40. The number of anilines is 1. The van der Waals surface area contributed by atoms with Crippen LogP contribution >= 0.6 is 0 Å². The van der Waals surface area contributed by atoms with E-state index in [9.17, 15) is 4.79 Å². The van der Waals surface area contributed by atoms with E-state index in [2.05, 4.69) is 15.9 Å². The van der Waals surface area contributed by atoms with Crippen LogP contribution in [0.4, 0.5) is 5.69 Å². The Morgan fingerprint density at radius 2 is 1.87 bits per heavy atom. The van der Waals surface area contributed by atoms with Gasteiger partial charge in [-0.25, -0.2) is 4.98 Å². The number of pyridine rings is 1. The van der Waals surface area contributed by atoms with Crippen molar-refractivity contribution in [3.8, 4) is 22.8 Å². The molecule has 0 aliphatic carbocycles. The first-order valence-electron chi connectivity index (χ1n) is 10.8. The highest BCUT2D eigenvalue weighted by atomic mass is 16.5. The van der Waals surface area contributed by atoms with E-state index in [1.54, 1.807) is 24.7 Å². The van der Waals surface area contributed by atoms with Crippen LogP contribution in [0, 0.1) is 6.92 Å². The molecule has 0 N–H and O–H groups in total. The minimum atomic E-state index is -0.0840. The Labute approximate surface area is 181 Å². The van der Waals surface area contributed by atoms with Gasteiger partial charge in [-0.15, -0.1) is 0 Å². The Hall–Kier alpha value is -3.06. The fourth-order valence-corrected chi connectivity index (χ4v) is 4.89. The highest BCUT2D eigenvalue weighted by Crippen LogP contribution is 2.32. The van der Waals surface area contributed by atoms with Crippen LogP contribution in [-0.2, 0) is 0 Å². The van der Waals surface area contributed by atoms with E-state index >= 15 is 0 Å². The molecule has 162 valence electrons. The molecule has 0 radical (unpaired) electrons. The SMILES string of the molecule is COc1ccc(-c2cc(=O)n3cc(N4CCN5CCCC5C4)cc(C)c3n2)cc1OC. The topological polar surface area (TPSA) is 59.3 Å². The largest absolute Gasteiger partial charge is 0.493 e. The molecule has 1 unspecified atom stereocenters. The van der Waals surface area contributed by atoms with Gasteiger partial charge in [0, 0.05) is 43.5 Å². The summed E-state index contributed by atoms with van der Waals surface area (Å²) in [6.07, 6.45) is 4.50. The first-order valence-corrected chi connectivity index (χ1v) is 10.8. The molecule has 7 heteroatoms. The molecule has 2 aromatic heterocycles. The van der Waals surface area contributed by atoms with E-state index in [4.69, 9.17) is 14.5 Å². The Kier molecular flexibility index (Phi) is 5.06. The predicted octanol–water partition coefficient (Wildman–Crippen LogP) is 2.97. The molecule has 2 fully saturated rings. The molecular weight excluding hydrogens is 392 g/mol. The van der Waals surface area contributed by atoms with E-state index in [1.165, 1.54) is 19.4 Å². The van der Waals surface area contributed by atoms with Crippen LogP contribution in [0.1, 0.15) is 18.4 Å². The fourth-order valence-electron chi connectivity index (χ4n) is 4.89. The highest BCUT2D eigenvalue weighted by Gasteiger charge is 2.30. The first-order chi connectivity index (χ1) is 15.1. The van der Waals surface area contributed by atoms with Gasteiger partial charge in [0.2, 0.25) is 0 Å². The number of methoxy groups -OCH3 is 2. The molecule has 0 saturated carbocycles. The molecule has 31 heavy (non-hydrogen) atoms. The molecular formula is C24H28N4O3. The van der Waals surface area contributed by atoms with Crippen molar-refractivity contribution >= 4 is 11.3 Å². The zero-order valence-corrected chi connectivity index (χ0v) is 18.3. The zero-order valence-electron chi connectivity index (χ0n) is 18.3. The zero-order chi connectivity index (χ0) is 21.5. The van der Waals surface area contributed by atoms with Gasteiger partial charge in [0.1, 0.15) is 5.65 Å². The number of hydrogen-bond acceptors (Lipinski definition) is 6. The quantitative estimate of drug-likeness (QED) is 0.647. The molecule has 2 aliphatic rings. The van der Waals surface area contributed by atoms with Crippen molar-refractivity contribution < 1.29 is 9.47 Å². The van der Waals surface area contributed by atoms with Crippen molar-refractivity contribution in [3.05, 3.63) is 52.4 Å². The summed E-state index contributed by atoms with van der Waals surface area (Å²) < 4.78 is 12.4. The number of ether oxygens (including phenoxy) is 2. The van der Waals surface area contributed by atoms with Crippen LogP contribution in [0.5, 0.6) is 11.5 Å². The van der Waals surface area contributed by atoms with Crippen molar-refractivity contribution in [2.45, 2.75) is 25.8 Å². The minimum absolute atomic E-state index is 0.0840. The van der Waals surface area contributed by atoms with E-state index < -0.39 is 0 Å². The van der Waals surface area contributed by atoms with Crippen LogP contribution < -0.4 is 19.9 Å². The molecule has 3 aromatic rings. The summed E-state index contributed by atoms with van der Waals surface area (Å²) in [5, 5.41) is 0. The smallest absolute Gasteiger partial charge is 0.258 e. The summed E-state index contributed by atoms with van der Waals surface area (Å²) in [5.74, 6) is 1.26. The van der Waals surface area contributed by atoms with Gasteiger partial charge in [-0.3, -0.25) is 14.1 Å². The molecule has 2 aliphatic heterocycles. The van der Waals surface area contributed by atoms with Crippen molar-refractivity contribution in [1.82, 2.24) is 14.3 Å². The summed E-state index contributed by atoms with van der Waals surface area (Å²) in [6.45, 7) is 6.35. The normalized spacial score (nSPS) is 18.9. The van der Waals surface area contributed by atoms with Gasteiger partial charge >= 0.3 is 0 Å². The van der Waals surface area contributed by atoms with Gasteiger partial charge in [-0.2, -0.15) is 0 Å². The van der Waals surface area contributed by atoms with Gasteiger partial charge in [0.05, 0.1) is 25.6 Å². The van der Waals surface area contributed by atoms with E-state index in [1.807, 2.05) is 31.3 Å². The van der Waals surface area contributed by atoms with Crippen LogP contribution in [0.2, 0.25) is 0 Å². The van der Waals surface area contributed by atoms with E-state index in [0.29, 0.717) is 28.9 Å². The summed E-state index contributed by atoms with van der Waals surface area (Å²) >= 11 is 0. The van der Waals surface area contributed by atoms with Crippen molar-refractivity contribution in [3.63, 3.8) is 0 Å². The molecule has 7 nitrogen and oxygen atoms in total. The fraction of sp³-hybridized carbons (Fsp3) is 0.417. The maximum atomic E-state index is 13.1. The summed E-state index contributed by atoms with van der Waals surface area (Å²) in [7, 11) is 3.20. The Morgan fingerprint density at radius 1 is 1.03 bits per heavy atom. The van der Waals surface area contributed by atoms with Gasteiger partial charge in [0.15, 0.2) is 11.5 Å². The number of benzene rings is 1. The van der Waals surface area contributed by atoms with Gasteiger partial charge < -0.3 is 14.4 Å². The third kappa shape index (κ3) is 3.53. The van der Waals surface area contributed by atoms with E-state index in [-0.39, 0.29) is 5.56 Å². The predicted molar refractivity (Wildman–Crippen MR) is 122 cm³/mol. The Bertz CT molecular complexity index is 1190. The first kappa shape index (κ1) is 19.9. The second-order valence-electron chi connectivity index (χ2n) is 8.40. The number of aryl methyl sites for hydroxylation is 1. The lowest BCUT2D eigenvalue weighted by molar-refractivity contribution is 0.231. The third-order valence-electron chi connectivity index (χ3n) is 6.56. The molecule has 0 amide bonds. The number of rotatable bonds is 4. The van der Waals surface area contributed by atoms with E-state index in [0.717, 1.165) is 36.4 Å². The lowest BCUT2D eigenvalue weighted by Gasteiger charge is -2.39. The van der Waals surface area contributed by atoms with Crippen molar-refractivity contribution in [2.24, 2.45) is 0 Å². The van der Waals surface area contributed by atoms with Crippen LogP contribution in [-0.4, -0.2) is 60.7 Å². The standard InChI is InChI=1S/C24H28N4O3/c1-16-11-19(27-10-9-26-8-4-5-18(26)14-27)15-28-23(29)13-20(25-24(16)28)17-6-7-21(30-2)22(12-17)31-3/h6-7,11-13,15,18H,4-5,8-10,14H2,1-3H3. The van der Waals surface area contributed by atoms with Crippen molar-refractivity contribution in [2.75, 3.05) is 45.3 Å². The maximum absolute atomic E-state index is 13.1.